The number of hydrogen-bond donors (Lipinski definition) is 1. The molecule has 1 aromatic rings. The summed E-state index contributed by atoms with van der Waals surface area (Å²) in [6, 6.07) is 3.16. The smallest absolute Gasteiger partial charge is 0.416 e. The lowest BCUT2D eigenvalue weighted by Gasteiger charge is -2.18. The van der Waals surface area contributed by atoms with Gasteiger partial charge in [0.25, 0.3) is 0 Å². The molecule has 0 aromatic heterocycles. The minimum absolute atomic E-state index is 0.301. The van der Waals surface area contributed by atoms with Crippen LogP contribution in [0.3, 0.4) is 0 Å². The Labute approximate surface area is 121 Å². The van der Waals surface area contributed by atoms with Crippen LogP contribution in [0.2, 0.25) is 0 Å². The molecule has 1 heterocycles. The second-order valence-electron chi connectivity index (χ2n) is 4.22. The molecule has 104 valence electrons. The maximum absolute atomic E-state index is 12.7. The number of alkyl halides is 3. The molecule has 0 aliphatic carbocycles. The SMILES string of the molecule is CC[C@H]1NC(=O)OC1c1cc(C(F)(F)F)ccc1I. The monoisotopic (exact) mass is 385 g/mol. The van der Waals surface area contributed by atoms with Gasteiger partial charge in [0.05, 0.1) is 11.6 Å². The van der Waals surface area contributed by atoms with E-state index in [9.17, 15) is 18.0 Å². The zero-order valence-corrected chi connectivity index (χ0v) is 12.1. The van der Waals surface area contributed by atoms with Crippen LogP contribution < -0.4 is 5.32 Å². The molecule has 3 nitrogen and oxygen atoms in total. The number of benzene rings is 1. The van der Waals surface area contributed by atoms with E-state index < -0.39 is 23.9 Å². The van der Waals surface area contributed by atoms with Crippen molar-refractivity contribution in [2.24, 2.45) is 0 Å². The molecule has 0 spiro atoms. The number of alkyl carbamates (subject to hydrolysis) is 1. The van der Waals surface area contributed by atoms with Crippen molar-refractivity contribution >= 4 is 28.7 Å². The van der Waals surface area contributed by atoms with Crippen LogP contribution in [0.25, 0.3) is 0 Å². The van der Waals surface area contributed by atoms with Gasteiger partial charge in [-0.2, -0.15) is 13.2 Å². The Morgan fingerprint density at radius 2 is 2.11 bits per heavy atom. The molecule has 0 radical (unpaired) electrons. The van der Waals surface area contributed by atoms with Gasteiger partial charge in [0, 0.05) is 9.13 Å². The van der Waals surface area contributed by atoms with Gasteiger partial charge < -0.3 is 10.1 Å². The predicted octanol–water partition coefficient (Wildman–Crippen LogP) is 3.87. The minimum Gasteiger partial charge on any atom is -0.439 e. The van der Waals surface area contributed by atoms with Crippen molar-refractivity contribution in [1.82, 2.24) is 5.32 Å². The molecule has 1 unspecified atom stereocenters. The number of hydrogen-bond acceptors (Lipinski definition) is 2. The highest BCUT2D eigenvalue weighted by molar-refractivity contribution is 14.1. The van der Waals surface area contributed by atoms with Gasteiger partial charge in [0.2, 0.25) is 0 Å². The summed E-state index contributed by atoms with van der Waals surface area (Å²) in [4.78, 5) is 11.2. The molecule has 1 aliphatic rings. The van der Waals surface area contributed by atoms with E-state index >= 15 is 0 Å². The van der Waals surface area contributed by atoms with Crippen molar-refractivity contribution in [3.05, 3.63) is 32.9 Å². The second-order valence-corrected chi connectivity index (χ2v) is 5.38. The zero-order chi connectivity index (χ0) is 14.2. The Hall–Kier alpha value is -0.990. The van der Waals surface area contributed by atoms with Crippen LogP contribution in [0.5, 0.6) is 0 Å². The quantitative estimate of drug-likeness (QED) is 0.786. The molecule has 2 rings (SSSR count). The van der Waals surface area contributed by atoms with E-state index in [1.807, 2.05) is 29.5 Å². The van der Waals surface area contributed by atoms with Crippen LogP contribution in [-0.4, -0.2) is 12.1 Å². The average Bonchev–Trinajstić information content (AvgIpc) is 2.69. The van der Waals surface area contributed by atoms with Crippen molar-refractivity contribution in [2.45, 2.75) is 31.7 Å². The molecule has 19 heavy (non-hydrogen) atoms. The second kappa shape index (κ2) is 5.18. The molecule has 1 aromatic carbocycles. The molecular formula is C12H11F3INO2. The van der Waals surface area contributed by atoms with E-state index in [-0.39, 0.29) is 6.04 Å². The number of amides is 1. The molecule has 0 bridgehead atoms. The van der Waals surface area contributed by atoms with Crippen molar-refractivity contribution < 1.29 is 22.7 Å². The lowest BCUT2D eigenvalue weighted by atomic mass is 9.99. The van der Waals surface area contributed by atoms with Gasteiger partial charge in [-0.25, -0.2) is 4.79 Å². The molecule has 1 amide bonds. The van der Waals surface area contributed by atoms with Crippen molar-refractivity contribution in [3.8, 4) is 0 Å². The first-order valence-electron chi connectivity index (χ1n) is 5.66. The summed E-state index contributed by atoms with van der Waals surface area (Å²) in [6.07, 6.45) is -5.09. The Bertz CT molecular complexity index is 504. The fourth-order valence-electron chi connectivity index (χ4n) is 1.99. The fraction of sp³-hybridized carbons (Fsp3) is 0.417. The predicted molar refractivity (Wildman–Crippen MR) is 70.6 cm³/mol. The van der Waals surface area contributed by atoms with Crippen LogP contribution in [0.15, 0.2) is 18.2 Å². The average molecular weight is 385 g/mol. The van der Waals surface area contributed by atoms with E-state index in [0.717, 1.165) is 12.1 Å². The van der Waals surface area contributed by atoms with E-state index in [4.69, 9.17) is 4.74 Å². The van der Waals surface area contributed by atoms with Crippen molar-refractivity contribution in [2.75, 3.05) is 0 Å². The third kappa shape index (κ3) is 2.96. The molecule has 7 heteroatoms. The molecule has 1 aliphatic heterocycles. The van der Waals surface area contributed by atoms with Gasteiger partial charge in [-0.05, 0) is 47.2 Å². The Kier molecular flexibility index (Phi) is 3.93. The third-order valence-corrected chi connectivity index (χ3v) is 3.95. The maximum Gasteiger partial charge on any atom is 0.416 e. The summed E-state index contributed by atoms with van der Waals surface area (Å²) < 4.78 is 43.9. The Morgan fingerprint density at radius 1 is 1.42 bits per heavy atom. The van der Waals surface area contributed by atoms with Crippen LogP contribution in [0.1, 0.15) is 30.6 Å². The first-order valence-corrected chi connectivity index (χ1v) is 6.74. The minimum atomic E-state index is -4.41. The summed E-state index contributed by atoms with van der Waals surface area (Å²) in [5.41, 5.74) is -0.346. The van der Waals surface area contributed by atoms with Crippen LogP contribution in [0.4, 0.5) is 18.0 Å². The molecule has 2 atom stereocenters. The highest BCUT2D eigenvalue weighted by atomic mass is 127. The normalized spacial score (nSPS) is 23.1. The topological polar surface area (TPSA) is 38.3 Å². The van der Waals surface area contributed by atoms with Gasteiger partial charge >= 0.3 is 12.3 Å². The third-order valence-electron chi connectivity index (χ3n) is 2.97. The van der Waals surface area contributed by atoms with Gasteiger partial charge in [0.15, 0.2) is 0 Å². The van der Waals surface area contributed by atoms with Crippen LogP contribution >= 0.6 is 22.6 Å². The molecule has 1 N–H and O–H groups in total. The highest BCUT2D eigenvalue weighted by Crippen LogP contribution is 2.36. The largest absolute Gasteiger partial charge is 0.439 e. The summed E-state index contributed by atoms with van der Waals surface area (Å²) in [5, 5.41) is 2.59. The number of rotatable bonds is 2. The number of nitrogens with one attached hydrogen (secondary N) is 1. The molecule has 0 saturated carbocycles. The summed E-state index contributed by atoms with van der Waals surface area (Å²) in [7, 11) is 0. The highest BCUT2D eigenvalue weighted by Gasteiger charge is 2.37. The standard InChI is InChI=1S/C12H11F3INO2/c1-2-9-10(19-11(18)17-9)7-5-6(12(13,14)15)3-4-8(7)16/h3-5,9-10H,2H2,1H3,(H,17,18)/t9-,10?/m1/s1. The van der Waals surface area contributed by atoms with Crippen LogP contribution in [-0.2, 0) is 10.9 Å². The van der Waals surface area contributed by atoms with Gasteiger partial charge in [-0.1, -0.05) is 6.92 Å². The van der Waals surface area contributed by atoms with Crippen molar-refractivity contribution in [1.29, 1.82) is 0 Å². The lowest BCUT2D eigenvalue weighted by molar-refractivity contribution is -0.137. The molecule has 1 fully saturated rings. The fourth-order valence-corrected chi connectivity index (χ4v) is 2.64. The van der Waals surface area contributed by atoms with Crippen LogP contribution in [0, 0.1) is 3.57 Å². The van der Waals surface area contributed by atoms with E-state index in [1.165, 1.54) is 6.07 Å². The summed E-state index contributed by atoms with van der Waals surface area (Å²) in [6.45, 7) is 1.84. The number of halogens is 4. The Balaban J connectivity index is 2.41. The number of ether oxygens (including phenoxy) is 1. The number of carbonyl (C=O) groups is 1. The van der Waals surface area contributed by atoms with Gasteiger partial charge in [-0.3, -0.25) is 0 Å². The van der Waals surface area contributed by atoms with E-state index in [0.29, 0.717) is 15.6 Å². The van der Waals surface area contributed by atoms with Gasteiger partial charge in [0.1, 0.15) is 6.10 Å². The number of cyclic esters (lactones) is 1. The summed E-state index contributed by atoms with van der Waals surface area (Å²) in [5.74, 6) is 0. The lowest BCUT2D eigenvalue weighted by Crippen LogP contribution is -2.27. The maximum atomic E-state index is 12.7. The first-order chi connectivity index (χ1) is 8.82. The van der Waals surface area contributed by atoms with Gasteiger partial charge in [-0.15, -0.1) is 0 Å². The van der Waals surface area contributed by atoms with E-state index in [2.05, 4.69) is 5.32 Å². The van der Waals surface area contributed by atoms with Crippen molar-refractivity contribution in [3.63, 3.8) is 0 Å². The Morgan fingerprint density at radius 3 is 2.68 bits per heavy atom. The van der Waals surface area contributed by atoms with E-state index in [1.54, 1.807) is 0 Å². The zero-order valence-electron chi connectivity index (χ0n) is 9.92. The molecule has 1 saturated heterocycles. The first kappa shape index (κ1) is 14.4. The summed E-state index contributed by atoms with van der Waals surface area (Å²) >= 11 is 1.94. The number of carbonyl (C=O) groups excluding carboxylic acids is 1. The molecular weight excluding hydrogens is 374 g/mol.